The number of allylic oxidation sites excluding steroid dienone is 1. The number of nitrogens with zero attached hydrogens (tertiary/aromatic N) is 2. The van der Waals surface area contributed by atoms with E-state index < -0.39 is 0 Å². The molecule has 0 amide bonds. The van der Waals surface area contributed by atoms with Gasteiger partial charge in [0.25, 0.3) is 0 Å². The molecule has 34 heavy (non-hydrogen) atoms. The van der Waals surface area contributed by atoms with Crippen LogP contribution >= 0.6 is 12.2 Å². The van der Waals surface area contributed by atoms with E-state index in [1.54, 1.807) is 0 Å². The molecule has 2 saturated heterocycles. The van der Waals surface area contributed by atoms with Crippen LogP contribution in [-0.4, -0.2) is 36.1 Å². The van der Waals surface area contributed by atoms with E-state index in [0.717, 1.165) is 44.0 Å². The lowest BCUT2D eigenvalue weighted by atomic mass is 9.90. The third-order valence-electron chi connectivity index (χ3n) is 7.00. The van der Waals surface area contributed by atoms with Crippen LogP contribution in [0.4, 0.5) is 0 Å². The first-order valence-electron chi connectivity index (χ1n) is 12.5. The van der Waals surface area contributed by atoms with Crippen molar-refractivity contribution < 1.29 is 0 Å². The third kappa shape index (κ3) is 8.27. The zero-order valence-electron chi connectivity index (χ0n) is 20.4. The molecule has 0 bridgehead atoms. The number of nitrogens with one attached hydrogen (secondary N) is 1. The summed E-state index contributed by atoms with van der Waals surface area (Å²) in [5.74, 6) is 1.62. The molecule has 2 aliphatic heterocycles. The highest BCUT2D eigenvalue weighted by Crippen LogP contribution is 2.25. The molecule has 0 unspecified atom stereocenters. The molecule has 3 N–H and O–H groups in total. The molecule has 0 spiro atoms. The van der Waals surface area contributed by atoms with Crippen LogP contribution in [0.25, 0.3) is 0 Å². The normalized spacial score (nSPS) is 17.7. The molecule has 0 atom stereocenters. The van der Waals surface area contributed by atoms with Crippen molar-refractivity contribution in [1.29, 1.82) is 5.26 Å². The summed E-state index contributed by atoms with van der Waals surface area (Å²) >= 11 is 4.94. The summed E-state index contributed by atoms with van der Waals surface area (Å²) < 4.78 is 0. The van der Waals surface area contributed by atoms with E-state index in [1.165, 1.54) is 43.5 Å². The minimum Gasteiger partial charge on any atom is -0.389 e. The summed E-state index contributed by atoms with van der Waals surface area (Å²) in [6.45, 7) is 6.29. The smallest absolute Gasteiger partial charge is 0.116 e. The Kier molecular flexibility index (Phi) is 10.6. The summed E-state index contributed by atoms with van der Waals surface area (Å²) in [5, 5.41) is 12.5. The Hall–Kier alpha value is -2.68. The zero-order chi connectivity index (χ0) is 24.2. The van der Waals surface area contributed by atoms with Gasteiger partial charge in [0.2, 0.25) is 0 Å². The predicted octanol–water partition coefficient (Wildman–Crippen LogP) is 5.25. The van der Waals surface area contributed by atoms with Crippen molar-refractivity contribution >= 4 is 17.2 Å². The topological polar surface area (TPSA) is 65.1 Å². The minimum atomic E-state index is 0.196. The molecule has 0 saturated carbocycles. The summed E-state index contributed by atoms with van der Waals surface area (Å²) in [6.07, 6.45) is 7.37. The maximum Gasteiger partial charge on any atom is 0.116 e. The van der Waals surface area contributed by atoms with E-state index in [1.807, 2.05) is 6.92 Å². The van der Waals surface area contributed by atoms with Crippen molar-refractivity contribution in [2.24, 2.45) is 17.6 Å². The van der Waals surface area contributed by atoms with E-state index in [9.17, 15) is 0 Å². The summed E-state index contributed by atoms with van der Waals surface area (Å²) in [7, 11) is 0. The van der Waals surface area contributed by atoms with Crippen LogP contribution in [0.15, 0.2) is 71.9 Å². The van der Waals surface area contributed by atoms with Crippen molar-refractivity contribution in [2.45, 2.75) is 45.4 Å². The largest absolute Gasteiger partial charge is 0.389 e. The molecule has 2 fully saturated rings. The van der Waals surface area contributed by atoms with Gasteiger partial charge in [-0.2, -0.15) is 5.26 Å². The molecular formula is C29H38N4S. The Balaban J connectivity index is 0.000000212. The number of rotatable bonds is 6. The van der Waals surface area contributed by atoms with Crippen LogP contribution in [0.5, 0.6) is 0 Å². The number of benzene rings is 2. The van der Waals surface area contributed by atoms with Gasteiger partial charge < -0.3 is 16.0 Å². The summed E-state index contributed by atoms with van der Waals surface area (Å²) in [4.78, 5) is 2.43. The van der Waals surface area contributed by atoms with Crippen LogP contribution < -0.4 is 11.1 Å². The average Bonchev–Trinajstić information content (AvgIpc) is 2.87. The molecule has 4 nitrogen and oxygen atoms in total. The van der Waals surface area contributed by atoms with E-state index in [2.05, 4.69) is 76.9 Å². The molecule has 4 rings (SSSR count). The minimum absolute atomic E-state index is 0.196. The van der Waals surface area contributed by atoms with Crippen molar-refractivity contribution in [2.75, 3.05) is 26.2 Å². The van der Waals surface area contributed by atoms with Gasteiger partial charge in [-0.3, -0.25) is 0 Å². The maximum atomic E-state index is 9.14. The molecule has 2 aromatic carbocycles. The highest BCUT2D eigenvalue weighted by molar-refractivity contribution is 7.80. The fraction of sp³-hybridized carbons (Fsp3) is 0.448. The number of likely N-dealkylation sites (tertiary alicyclic amines) is 1. The van der Waals surface area contributed by atoms with Gasteiger partial charge in [0, 0.05) is 18.8 Å². The molecule has 0 radical (unpaired) electrons. The Morgan fingerprint density at radius 2 is 1.38 bits per heavy atom. The Morgan fingerprint density at radius 1 is 0.912 bits per heavy atom. The van der Waals surface area contributed by atoms with Crippen LogP contribution in [0, 0.1) is 23.2 Å². The first-order chi connectivity index (χ1) is 16.6. The third-order valence-corrected chi connectivity index (χ3v) is 7.21. The van der Waals surface area contributed by atoms with Crippen molar-refractivity contribution in [1.82, 2.24) is 10.2 Å². The van der Waals surface area contributed by atoms with E-state index >= 15 is 0 Å². The molecule has 2 aromatic rings. The monoisotopic (exact) mass is 474 g/mol. The van der Waals surface area contributed by atoms with Crippen LogP contribution in [0.2, 0.25) is 0 Å². The fourth-order valence-electron chi connectivity index (χ4n) is 4.93. The molecule has 0 aromatic heterocycles. The van der Waals surface area contributed by atoms with Gasteiger partial charge in [0.1, 0.15) is 16.6 Å². The number of hydrogen-bond donors (Lipinski definition) is 2. The number of thiocarbonyl (C=S) groups is 1. The Bertz CT molecular complexity index is 951. The van der Waals surface area contributed by atoms with Gasteiger partial charge in [-0.1, -0.05) is 72.9 Å². The first kappa shape index (κ1) is 25.9. The van der Waals surface area contributed by atoms with Gasteiger partial charge in [0.05, 0.1) is 0 Å². The lowest BCUT2D eigenvalue weighted by Crippen LogP contribution is -2.34. The van der Waals surface area contributed by atoms with Gasteiger partial charge in [-0.05, 0) is 81.5 Å². The van der Waals surface area contributed by atoms with Gasteiger partial charge in [-0.15, -0.1) is 0 Å². The number of nitriles is 1. The van der Waals surface area contributed by atoms with E-state index in [-0.39, 0.29) is 4.99 Å². The summed E-state index contributed by atoms with van der Waals surface area (Å²) in [6, 6.07) is 23.6. The summed E-state index contributed by atoms with van der Waals surface area (Å²) in [5.41, 5.74) is 9.88. The quantitative estimate of drug-likeness (QED) is 0.340. The fourth-order valence-corrected chi connectivity index (χ4v) is 5.12. The van der Waals surface area contributed by atoms with Gasteiger partial charge in [-0.25, -0.2) is 0 Å². The zero-order valence-corrected chi connectivity index (χ0v) is 21.2. The molecular weight excluding hydrogens is 436 g/mol. The second kappa shape index (κ2) is 13.9. The van der Waals surface area contributed by atoms with Crippen molar-refractivity contribution in [3.05, 3.63) is 83.1 Å². The van der Waals surface area contributed by atoms with Crippen LogP contribution in [0.3, 0.4) is 0 Å². The van der Waals surface area contributed by atoms with Crippen LogP contribution in [-0.2, 0) is 12.8 Å². The van der Waals surface area contributed by atoms with E-state index in [4.69, 9.17) is 23.2 Å². The average molecular weight is 475 g/mol. The molecule has 180 valence electrons. The maximum absolute atomic E-state index is 9.14. The van der Waals surface area contributed by atoms with Gasteiger partial charge >= 0.3 is 0 Å². The van der Waals surface area contributed by atoms with Gasteiger partial charge in [0.15, 0.2) is 0 Å². The highest BCUT2D eigenvalue weighted by Gasteiger charge is 2.21. The molecule has 0 aliphatic carbocycles. The van der Waals surface area contributed by atoms with Crippen molar-refractivity contribution in [3.8, 4) is 6.07 Å². The molecule has 2 heterocycles. The lowest BCUT2D eigenvalue weighted by molar-refractivity contribution is 0.225. The molecule has 5 heteroatoms. The standard InChI is InChI=1S/C17H21N3S.C12H17N/c1-13(16(12-18)17(19)21)20-9-7-15(8-10-20)11-14-5-3-2-4-6-14;1-2-4-11(5-3-1)10-12-6-8-13-9-7-12/h2-6,15H,7-11H2,1H3,(H2,19,21);1-5,12-13H,6-10H2/b16-13-;. The second-order valence-corrected chi connectivity index (χ2v) is 9.88. The van der Waals surface area contributed by atoms with Crippen LogP contribution in [0.1, 0.15) is 43.7 Å². The first-order valence-corrected chi connectivity index (χ1v) is 12.9. The molecule has 2 aliphatic rings. The lowest BCUT2D eigenvalue weighted by Gasteiger charge is -2.34. The van der Waals surface area contributed by atoms with Crippen molar-refractivity contribution in [3.63, 3.8) is 0 Å². The Labute approximate surface area is 210 Å². The highest BCUT2D eigenvalue weighted by atomic mass is 32.1. The predicted molar refractivity (Wildman–Crippen MR) is 145 cm³/mol. The number of piperidine rings is 2. The SMILES string of the molecule is C/C(=C(\C#N)C(N)=S)N1CCC(Cc2ccccc2)CC1.c1ccc(CC2CCNCC2)cc1. The second-order valence-electron chi connectivity index (χ2n) is 9.44. The Morgan fingerprint density at radius 3 is 1.82 bits per heavy atom. The number of nitrogens with two attached hydrogens (primary N) is 1. The van der Waals surface area contributed by atoms with E-state index in [0.29, 0.717) is 11.5 Å². The number of hydrogen-bond acceptors (Lipinski definition) is 4.